The van der Waals surface area contributed by atoms with Crippen LogP contribution in [0.25, 0.3) is 0 Å². The third kappa shape index (κ3) is 3.09. The van der Waals surface area contributed by atoms with E-state index in [0.29, 0.717) is 13.0 Å². The maximum Gasteiger partial charge on any atom is 0.248 e. The second kappa shape index (κ2) is 5.50. The highest BCUT2D eigenvalue weighted by atomic mass is 32.2. The van der Waals surface area contributed by atoms with Gasteiger partial charge in [-0.2, -0.15) is 9.40 Å². The minimum absolute atomic E-state index is 0.0622. The van der Waals surface area contributed by atoms with Crippen molar-refractivity contribution in [2.75, 3.05) is 12.8 Å². The van der Waals surface area contributed by atoms with Gasteiger partial charge < -0.3 is 5.73 Å². The van der Waals surface area contributed by atoms with Crippen LogP contribution in [0.1, 0.15) is 40.5 Å². The lowest BCUT2D eigenvalue weighted by atomic mass is 10.0. The molecule has 0 bridgehead atoms. The molecule has 19 heavy (non-hydrogen) atoms. The number of sulfonamides is 1. The van der Waals surface area contributed by atoms with Gasteiger partial charge >= 0.3 is 0 Å². The lowest BCUT2D eigenvalue weighted by Crippen LogP contribution is -2.44. The number of rotatable bonds is 6. The Morgan fingerprint density at radius 2 is 2.00 bits per heavy atom. The summed E-state index contributed by atoms with van der Waals surface area (Å²) < 4.78 is 28.1. The summed E-state index contributed by atoms with van der Waals surface area (Å²) in [5, 5.41) is 4.05. The molecular formula is C12H24N4O2S. The molecule has 0 spiro atoms. The van der Waals surface area contributed by atoms with Crippen molar-refractivity contribution in [3.05, 3.63) is 6.20 Å². The van der Waals surface area contributed by atoms with E-state index in [1.54, 1.807) is 11.7 Å². The summed E-state index contributed by atoms with van der Waals surface area (Å²) in [6.07, 6.45) is 3.10. The van der Waals surface area contributed by atoms with Crippen LogP contribution >= 0.6 is 0 Å². The van der Waals surface area contributed by atoms with E-state index in [1.165, 1.54) is 10.5 Å². The van der Waals surface area contributed by atoms with Crippen LogP contribution in [0.2, 0.25) is 0 Å². The van der Waals surface area contributed by atoms with Gasteiger partial charge in [-0.3, -0.25) is 4.68 Å². The summed E-state index contributed by atoms with van der Waals surface area (Å²) >= 11 is 0. The number of hydrogen-bond donors (Lipinski definition) is 1. The molecule has 110 valence electrons. The Kier molecular flexibility index (Phi) is 4.63. The molecule has 0 aliphatic rings. The van der Waals surface area contributed by atoms with Crippen LogP contribution in [0.4, 0.5) is 5.82 Å². The van der Waals surface area contributed by atoms with Crippen molar-refractivity contribution >= 4 is 15.8 Å². The summed E-state index contributed by atoms with van der Waals surface area (Å²) in [4.78, 5) is 0.0879. The van der Waals surface area contributed by atoms with E-state index in [-0.39, 0.29) is 10.7 Å². The quantitative estimate of drug-likeness (QED) is 0.863. The highest BCUT2D eigenvalue weighted by Gasteiger charge is 2.35. The maximum absolute atomic E-state index is 12.6. The van der Waals surface area contributed by atoms with Gasteiger partial charge in [0.05, 0.1) is 0 Å². The predicted molar refractivity (Wildman–Crippen MR) is 76.2 cm³/mol. The molecule has 1 heterocycles. The molecule has 0 saturated carbocycles. The van der Waals surface area contributed by atoms with E-state index in [9.17, 15) is 8.42 Å². The molecule has 1 aromatic rings. The van der Waals surface area contributed by atoms with E-state index in [2.05, 4.69) is 5.10 Å². The van der Waals surface area contributed by atoms with Gasteiger partial charge in [-0.1, -0.05) is 13.8 Å². The van der Waals surface area contributed by atoms with Crippen molar-refractivity contribution in [2.45, 2.75) is 57.5 Å². The van der Waals surface area contributed by atoms with Gasteiger partial charge in [-0.25, -0.2) is 8.42 Å². The monoisotopic (exact) mass is 288 g/mol. The summed E-state index contributed by atoms with van der Waals surface area (Å²) in [6.45, 7) is 8.38. The predicted octanol–water partition coefficient (Wildman–Crippen LogP) is 1.68. The second-order valence-corrected chi connectivity index (χ2v) is 7.22. The van der Waals surface area contributed by atoms with Crippen LogP contribution in [0.15, 0.2) is 11.1 Å². The van der Waals surface area contributed by atoms with Crippen LogP contribution in [0.5, 0.6) is 0 Å². The first-order valence-corrected chi connectivity index (χ1v) is 7.92. The average Bonchev–Trinajstić information content (AvgIpc) is 2.70. The molecular weight excluding hydrogens is 264 g/mol. The lowest BCUT2D eigenvalue weighted by Gasteiger charge is -2.33. The van der Waals surface area contributed by atoms with Crippen molar-refractivity contribution in [1.82, 2.24) is 14.1 Å². The summed E-state index contributed by atoms with van der Waals surface area (Å²) in [5.41, 5.74) is 5.28. The Morgan fingerprint density at radius 1 is 1.42 bits per heavy atom. The number of nitrogens with zero attached hydrogens (tertiary/aromatic N) is 3. The van der Waals surface area contributed by atoms with E-state index >= 15 is 0 Å². The number of hydrogen-bond acceptors (Lipinski definition) is 4. The van der Waals surface area contributed by atoms with Gasteiger partial charge in [0.25, 0.3) is 0 Å². The third-order valence-electron chi connectivity index (χ3n) is 3.56. The Hall–Kier alpha value is -1.08. The van der Waals surface area contributed by atoms with Crippen molar-refractivity contribution in [1.29, 1.82) is 0 Å². The fraction of sp³-hybridized carbons (Fsp3) is 0.750. The van der Waals surface area contributed by atoms with Crippen LogP contribution in [0, 0.1) is 0 Å². The van der Waals surface area contributed by atoms with Gasteiger partial charge in [0.15, 0.2) is 5.82 Å². The first kappa shape index (κ1) is 16.0. The molecule has 7 heteroatoms. The molecule has 0 amide bonds. The molecule has 0 fully saturated rings. The Morgan fingerprint density at radius 3 is 2.47 bits per heavy atom. The molecule has 6 nitrogen and oxygen atoms in total. The minimum Gasteiger partial charge on any atom is -0.381 e. The molecule has 0 aromatic carbocycles. The van der Waals surface area contributed by atoms with E-state index < -0.39 is 15.6 Å². The molecule has 0 unspecified atom stereocenters. The zero-order valence-corrected chi connectivity index (χ0v) is 13.2. The molecule has 0 aliphatic heterocycles. The largest absolute Gasteiger partial charge is 0.381 e. The van der Waals surface area contributed by atoms with Crippen molar-refractivity contribution < 1.29 is 8.42 Å². The van der Waals surface area contributed by atoms with Crippen LogP contribution in [-0.4, -0.2) is 35.1 Å². The average molecular weight is 288 g/mol. The third-order valence-corrected chi connectivity index (χ3v) is 5.65. The van der Waals surface area contributed by atoms with Crippen molar-refractivity contribution in [3.8, 4) is 0 Å². The molecule has 2 N–H and O–H groups in total. The molecule has 1 aromatic heterocycles. The molecule has 1 rings (SSSR count). The molecule has 0 saturated heterocycles. The van der Waals surface area contributed by atoms with Crippen LogP contribution < -0.4 is 5.73 Å². The first-order chi connectivity index (χ1) is 8.66. The number of nitrogen functional groups attached to an aromatic ring is 1. The minimum atomic E-state index is -3.61. The van der Waals surface area contributed by atoms with Gasteiger partial charge in [0.2, 0.25) is 10.0 Å². The maximum atomic E-state index is 12.6. The SMILES string of the molecule is CCCn1cc(S(=O)(=O)N(C)C(C)(C)CC)c(N)n1. The number of anilines is 1. The second-order valence-electron chi connectivity index (χ2n) is 5.28. The summed E-state index contributed by atoms with van der Waals surface area (Å²) in [6, 6.07) is 0. The fourth-order valence-electron chi connectivity index (χ4n) is 1.66. The van der Waals surface area contributed by atoms with E-state index in [4.69, 9.17) is 5.73 Å². The molecule has 0 aliphatic carbocycles. The Bertz CT molecular complexity index is 534. The van der Waals surface area contributed by atoms with E-state index in [1.807, 2.05) is 27.7 Å². The van der Waals surface area contributed by atoms with Crippen LogP contribution in [0.3, 0.4) is 0 Å². The standard InChI is InChI=1S/C12H24N4O2S/c1-6-8-16-9-10(11(13)14-16)19(17,18)15(5)12(3,4)7-2/h9H,6-8H2,1-5H3,(H2,13,14). The van der Waals surface area contributed by atoms with Crippen molar-refractivity contribution in [3.63, 3.8) is 0 Å². The smallest absolute Gasteiger partial charge is 0.248 e. The first-order valence-electron chi connectivity index (χ1n) is 6.48. The van der Waals surface area contributed by atoms with Gasteiger partial charge in [-0.05, 0) is 26.7 Å². The number of nitrogens with two attached hydrogens (primary N) is 1. The van der Waals surface area contributed by atoms with Gasteiger partial charge in [-0.15, -0.1) is 0 Å². The normalized spacial score (nSPS) is 13.2. The molecule has 0 atom stereocenters. The zero-order valence-electron chi connectivity index (χ0n) is 12.3. The van der Waals surface area contributed by atoms with Crippen LogP contribution in [-0.2, 0) is 16.6 Å². The fourth-order valence-corrected chi connectivity index (χ4v) is 3.29. The lowest BCUT2D eigenvalue weighted by molar-refractivity contribution is 0.257. The van der Waals surface area contributed by atoms with Crippen molar-refractivity contribution in [2.24, 2.45) is 0 Å². The highest BCUT2D eigenvalue weighted by molar-refractivity contribution is 7.89. The summed E-state index contributed by atoms with van der Waals surface area (Å²) in [5.74, 6) is 0.0622. The highest BCUT2D eigenvalue weighted by Crippen LogP contribution is 2.27. The topological polar surface area (TPSA) is 81.2 Å². The Balaban J connectivity index is 3.20. The Labute approximate surface area is 115 Å². The zero-order chi connectivity index (χ0) is 14.8. The van der Waals surface area contributed by atoms with Gasteiger partial charge in [0.1, 0.15) is 4.90 Å². The molecule has 0 radical (unpaired) electrons. The number of aryl methyl sites for hydroxylation is 1. The number of aromatic nitrogens is 2. The van der Waals surface area contributed by atoms with Gasteiger partial charge in [0, 0.05) is 25.3 Å². The summed E-state index contributed by atoms with van der Waals surface area (Å²) in [7, 11) is -2.03. The van der Waals surface area contributed by atoms with E-state index in [0.717, 1.165) is 6.42 Å².